The first-order valence-electron chi connectivity index (χ1n) is 11.8. The van der Waals surface area contributed by atoms with Crippen LogP contribution in [0.2, 0.25) is 0 Å². The number of hydrogen-bond donors (Lipinski definition) is 9. The number of aliphatic hydroxyl groups excluding tert-OH is 1. The van der Waals surface area contributed by atoms with Crippen molar-refractivity contribution in [1.82, 2.24) is 30.9 Å². The largest absolute Gasteiger partial charge is 0.481 e. The molecule has 0 aliphatic carbocycles. The first-order valence-corrected chi connectivity index (χ1v) is 11.8. The van der Waals surface area contributed by atoms with E-state index in [4.69, 9.17) is 5.73 Å². The summed E-state index contributed by atoms with van der Waals surface area (Å²) in [5, 5.41) is 35.5. The summed E-state index contributed by atoms with van der Waals surface area (Å²) in [5.41, 5.74) is 7.79. The molecule has 3 rings (SSSR count). The maximum absolute atomic E-state index is 13.2. The predicted molar refractivity (Wildman–Crippen MR) is 135 cm³/mol. The number of nitrogens with zero attached hydrogens (tertiary/aromatic N) is 1. The van der Waals surface area contributed by atoms with Gasteiger partial charge < -0.3 is 47.0 Å². The van der Waals surface area contributed by atoms with Crippen molar-refractivity contribution in [2.45, 2.75) is 43.4 Å². The standard InChI is InChI=1S/C24H29N7O8/c25-15(6-13-9-26-11-28-13)21(35)29-18(7-20(33)34)23(37)30-17(22(36)31-19(10-32)24(38)39)5-12-8-27-16-4-2-1-3-14(12)16/h1-4,8-9,11,15,17-19,27,32H,5-7,10,25H2,(H,26,28)(H,29,35)(H,30,37)(H,31,36)(H,33,34)(H,38,39). The summed E-state index contributed by atoms with van der Waals surface area (Å²) in [5.74, 6) is -5.65. The predicted octanol–water partition coefficient (Wildman–Crippen LogP) is -1.99. The zero-order valence-corrected chi connectivity index (χ0v) is 20.6. The molecule has 0 spiro atoms. The van der Waals surface area contributed by atoms with Crippen molar-refractivity contribution in [3.8, 4) is 0 Å². The number of fused-ring (bicyclic) bond motifs is 1. The van der Waals surface area contributed by atoms with E-state index in [1.165, 1.54) is 12.5 Å². The Morgan fingerprint density at radius 3 is 2.21 bits per heavy atom. The third kappa shape index (κ3) is 7.86. The number of imidazole rings is 1. The summed E-state index contributed by atoms with van der Waals surface area (Å²) in [6.45, 7) is -0.902. The van der Waals surface area contributed by atoms with Crippen LogP contribution in [-0.4, -0.2) is 90.7 Å². The van der Waals surface area contributed by atoms with Gasteiger partial charge in [0.15, 0.2) is 0 Å². The van der Waals surface area contributed by atoms with Crippen LogP contribution in [0.1, 0.15) is 17.7 Å². The quantitative estimate of drug-likeness (QED) is 0.108. The summed E-state index contributed by atoms with van der Waals surface area (Å²) in [6, 6.07) is 1.36. The molecule has 15 heteroatoms. The average Bonchev–Trinajstić information content (AvgIpc) is 3.55. The zero-order valence-electron chi connectivity index (χ0n) is 20.6. The fourth-order valence-electron chi connectivity index (χ4n) is 3.85. The Kier molecular flexibility index (Phi) is 9.72. The van der Waals surface area contributed by atoms with E-state index in [0.29, 0.717) is 11.3 Å². The molecule has 4 unspecified atom stereocenters. The van der Waals surface area contributed by atoms with Crippen molar-refractivity contribution >= 4 is 40.6 Å². The van der Waals surface area contributed by atoms with Gasteiger partial charge in [0.25, 0.3) is 0 Å². The molecule has 39 heavy (non-hydrogen) atoms. The Labute approximate surface area is 221 Å². The van der Waals surface area contributed by atoms with Crippen molar-refractivity contribution in [2.75, 3.05) is 6.61 Å². The highest BCUT2D eigenvalue weighted by molar-refractivity contribution is 5.96. The van der Waals surface area contributed by atoms with E-state index in [9.17, 15) is 39.3 Å². The minimum absolute atomic E-state index is 0.0383. The number of H-pyrrole nitrogens is 2. The molecule has 0 radical (unpaired) electrons. The van der Waals surface area contributed by atoms with Crippen LogP contribution in [0.15, 0.2) is 43.0 Å². The molecule has 0 aliphatic rings. The smallest absolute Gasteiger partial charge is 0.328 e. The molecular formula is C24H29N7O8. The molecule has 2 heterocycles. The minimum Gasteiger partial charge on any atom is -0.481 e. The normalized spacial score (nSPS) is 14.1. The molecule has 10 N–H and O–H groups in total. The first-order chi connectivity index (χ1) is 18.6. The lowest BCUT2D eigenvalue weighted by Crippen LogP contribution is -2.58. The van der Waals surface area contributed by atoms with Crippen LogP contribution in [0.3, 0.4) is 0 Å². The molecule has 0 fully saturated rings. The number of amides is 3. The van der Waals surface area contributed by atoms with E-state index in [-0.39, 0.29) is 12.8 Å². The fourth-order valence-corrected chi connectivity index (χ4v) is 3.85. The lowest BCUT2D eigenvalue weighted by atomic mass is 10.0. The van der Waals surface area contributed by atoms with Gasteiger partial charge in [-0.3, -0.25) is 19.2 Å². The number of carboxylic acid groups (broad SMARTS) is 2. The van der Waals surface area contributed by atoms with Gasteiger partial charge in [0.05, 0.1) is 25.4 Å². The van der Waals surface area contributed by atoms with E-state index in [2.05, 4.69) is 30.9 Å². The number of para-hydroxylation sites is 1. The van der Waals surface area contributed by atoms with Gasteiger partial charge >= 0.3 is 11.9 Å². The van der Waals surface area contributed by atoms with Crippen molar-refractivity contribution in [1.29, 1.82) is 0 Å². The summed E-state index contributed by atoms with van der Waals surface area (Å²) < 4.78 is 0. The number of aliphatic hydroxyl groups is 1. The van der Waals surface area contributed by atoms with Crippen LogP contribution in [0.4, 0.5) is 0 Å². The van der Waals surface area contributed by atoms with Crippen molar-refractivity contribution in [3.63, 3.8) is 0 Å². The molecule has 1 aromatic carbocycles. The van der Waals surface area contributed by atoms with Gasteiger partial charge in [-0.25, -0.2) is 9.78 Å². The van der Waals surface area contributed by atoms with Gasteiger partial charge in [0, 0.05) is 41.8 Å². The SMILES string of the molecule is NC(Cc1cnc[nH]1)C(=O)NC(CC(=O)O)C(=O)NC(Cc1c[nH]c2ccccc12)C(=O)NC(CO)C(=O)O. The molecule has 208 valence electrons. The number of carbonyl (C=O) groups excluding carboxylic acids is 3. The van der Waals surface area contributed by atoms with Gasteiger partial charge in [-0.1, -0.05) is 18.2 Å². The average molecular weight is 544 g/mol. The zero-order chi connectivity index (χ0) is 28.5. The molecule has 0 saturated heterocycles. The molecule has 0 saturated carbocycles. The summed E-state index contributed by atoms with van der Waals surface area (Å²) in [4.78, 5) is 71.2. The number of benzene rings is 1. The number of nitrogens with two attached hydrogens (primary N) is 1. The number of aliphatic carboxylic acids is 2. The Morgan fingerprint density at radius 2 is 1.56 bits per heavy atom. The van der Waals surface area contributed by atoms with Gasteiger partial charge in [0.2, 0.25) is 17.7 Å². The Hall–Kier alpha value is -4.76. The number of carboxylic acids is 2. The molecule has 2 aromatic heterocycles. The van der Waals surface area contributed by atoms with Crippen LogP contribution >= 0.6 is 0 Å². The molecule has 4 atom stereocenters. The van der Waals surface area contributed by atoms with Gasteiger partial charge in [-0.2, -0.15) is 0 Å². The third-order valence-corrected chi connectivity index (χ3v) is 5.87. The van der Waals surface area contributed by atoms with E-state index >= 15 is 0 Å². The Balaban J connectivity index is 1.80. The maximum atomic E-state index is 13.2. The molecule has 3 amide bonds. The number of aromatic amines is 2. The highest BCUT2D eigenvalue weighted by Gasteiger charge is 2.32. The van der Waals surface area contributed by atoms with Crippen molar-refractivity contribution in [3.05, 3.63) is 54.2 Å². The second-order valence-electron chi connectivity index (χ2n) is 8.75. The number of hydrogen-bond acceptors (Lipinski definition) is 8. The third-order valence-electron chi connectivity index (χ3n) is 5.87. The summed E-state index contributed by atoms with van der Waals surface area (Å²) >= 11 is 0. The lowest BCUT2D eigenvalue weighted by molar-refractivity contribution is -0.144. The van der Waals surface area contributed by atoms with Crippen molar-refractivity contribution in [2.24, 2.45) is 5.73 Å². The number of carbonyl (C=O) groups is 5. The number of rotatable bonds is 14. The Bertz CT molecular complexity index is 1320. The van der Waals surface area contributed by atoms with Gasteiger partial charge in [-0.15, -0.1) is 0 Å². The van der Waals surface area contributed by atoms with E-state index in [0.717, 1.165) is 10.9 Å². The summed E-state index contributed by atoms with van der Waals surface area (Å²) in [6.07, 6.45) is 3.57. The highest BCUT2D eigenvalue weighted by Crippen LogP contribution is 2.19. The Morgan fingerprint density at radius 1 is 0.897 bits per heavy atom. The van der Waals surface area contributed by atoms with E-state index < -0.39 is 66.9 Å². The highest BCUT2D eigenvalue weighted by atomic mass is 16.4. The topological polar surface area (TPSA) is 253 Å². The van der Waals surface area contributed by atoms with E-state index in [1.807, 2.05) is 0 Å². The molecule has 0 aliphatic heterocycles. The molecule has 15 nitrogen and oxygen atoms in total. The lowest BCUT2D eigenvalue weighted by Gasteiger charge is -2.24. The molecular weight excluding hydrogens is 514 g/mol. The minimum atomic E-state index is -1.64. The van der Waals surface area contributed by atoms with Crippen LogP contribution in [0, 0.1) is 0 Å². The van der Waals surface area contributed by atoms with Crippen molar-refractivity contribution < 1.29 is 39.3 Å². The van der Waals surface area contributed by atoms with E-state index in [1.54, 1.807) is 30.5 Å². The van der Waals surface area contributed by atoms with Gasteiger partial charge in [0.1, 0.15) is 18.1 Å². The van der Waals surface area contributed by atoms with Crippen LogP contribution in [0.25, 0.3) is 10.9 Å². The number of nitrogens with one attached hydrogen (secondary N) is 5. The van der Waals surface area contributed by atoms with Crippen LogP contribution in [0.5, 0.6) is 0 Å². The van der Waals surface area contributed by atoms with Gasteiger partial charge in [-0.05, 0) is 11.6 Å². The maximum Gasteiger partial charge on any atom is 0.328 e. The first kappa shape index (κ1) is 28.8. The number of aromatic nitrogens is 3. The van der Waals surface area contributed by atoms with Crippen LogP contribution < -0.4 is 21.7 Å². The molecule has 0 bridgehead atoms. The second-order valence-corrected chi connectivity index (χ2v) is 8.75. The fraction of sp³-hybridized carbons (Fsp3) is 0.333. The molecule has 3 aromatic rings. The summed E-state index contributed by atoms with van der Waals surface area (Å²) in [7, 11) is 0. The van der Waals surface area contributed by atoms with Crippen LogP contribution in [-0.2, 0) is 36.8 Å². The monoisotopic (exact) mass is 543 g/mol. The second kappa shape index (κ2) is 13.2.